The highest BCUT2D eigenvalue weighted by Crippen LogP contribution is 2.21. The summed E-state index contributed by atoms with van der Waals surface area (Å²) < 4.78 is 5.17. The van der Waals surface area contributed by atoms with Gasteiger partial charge in [0.1, 0.15) is 0 Å². The second kappa shape index (κ2) is 4.15. The molecule has 6 heteroatoms. The lowest BCUT2D eigenvalue weighted by Gasteiger charge is -1.97. The van der Waals surface area contributed by atoms with Gasteiger partial charge >= 0.3 is 0 Å². The zero-order chi connectivity index (χ0) is 12.5. The van der Waals surface area contributed by atoms with Crippen molar-refractivity contribution in [3.05, 3.63) is 36.4 Å². The van der Waals surface area contributed by atoms with Crippen molar-refractivity contribution in [3.8, 4) is 11.5 Å². The van der Waals surface area contributed by atoms with E-state index in [0.29, 0.717) is 11.7 Å². The average molecular weight is 241 g/mol. The van der Waals surface area contributed by atoms with E-state index in [1.807, 2.05) is 18.2 Å². The predicted octanol–water partition coefficient (Wildman–Crippen LogP) is 1.70. The molecule has 2 heterocycles. The molecule has 1 aromatic carbocycles. The maximum atomic E-state index is 5.69. The molecule has 3 rings (SSSR count). The Hall–Kier alpha value is -2.34. The van der Waals surface area contributed by atoms with Gasteiger partial charge in [-0.1, -0.05) is 5.16 Å². The van der Waals surface area contributed by atoms with E-state index in [9.17, 15) is 0 Å². The lowest BCUT2D eigenvalue weighted by molar-refractivity contribution is 0.418. The van der Waals surface area contributed by atoms with E-state index < -0.39 is 0 Å². The number of hydrogen-bond donors (Lipinski definition) is 1. The highest BCUT2D eigenvalue weighted by molar-refractivity contribution is 5.79. The molecule has 0 radical (unpaired) electrons. The molecule has 90 valence electrons. The van der Waals surface area contributed by atoms with Gasteiger partial charge in [-0.2, -0.15) is 4.98 Å². The van der Waals surface area contributed by atoms with Crippen LogP contribution in [0.5, 0.6) is 0 Å². The molecule has 6 nitrogen and oxygen atoms in total. The van der Waals surface area contributed by atoms with Gasteiger partial charge in [0.05, 0.1) is 17.1 Å². The SMILES string of the molecule is CC(N)c1noc(-c2ccc3nccnc3c2)n1. The second-order valence-corrected chi connectivity index (χ2v) is 4.01. The van der Waals surface area contributed by atoms with E-state index in [-0.39, 0.29) is 6.04 Å². The van der Waals surface area contributed by atoms with E-state index in [1.54, 1.807) is 19.3 Å². The lowest BCUT2D eigenvalue weighted by Crippen LogP contribution is -2.06. The van der Waals surface area contributed by atoms with E-state index in [1.165, 1.54) is 0 Å². The van der Waals surface area contributed by atoms with Crippen LogP contribution in [0.25, 0.3) is 22.5 Å². The number of aromatic nitrogens is 4. The predicted molar refractivity (Wildman–Crippen MR) is 65.4 cm³/mol. The molecular weight excluding hydrogens is 230 g/mol. The molecule has 3 aromatic rings. The molecule has 0 aliphatic rings. The van der Waals surface area contributed by atoms with Crippen molar-refractivity contribution < 1.29 is 4.52 Å². The Balaban J connectivity index is 2.07. The zero-order valence-electron chi connectivity index (χ0n) is 9.74. The summed E-state index contributed by atoms with van der Waals surface area (Å²) in [5.74, 6) is 0.930. The van der Waals surface area contributed by atoms with Crippen LogP contribution >= 0.6 is 0 Å². The number of hydrogen-bond acceptors (Lipinski definition) is 6. The molecule has 0 saturated heterocycles. The normalized spacial score (nSPS) is 12.8. The van der Waals surface area contributed by atoms with Gasteiger partial charge in [-0.25, -0.2) is 0 Å². The van der Waals surface area contributed by atoms with Crippen molar-refractivity contribution in [2.75, 3.05) is 0 Å². The number of nitrogens with two attached hydrogens (primary N) is 1. The van der Waals surface area contributed by atoms with Gasteiger partial charge in [-0.05, 0) is 25.1 Å². The fourth-order valence-corrected chi connectivity index (χ4v) is 1.63. The molecule has 0 spiro atoms. The van der Waals surface area contributed by atoms with Crippen LogP contribution in [0.2, 0.25) is 0 Å². The van der Waals surface area contributed by atoms with Gasteiger partial charge in [0, 0.05) is 18.0 Å². The van der Waals surface area contributed by atoms with Gasteiger partial charge in [0.2, 0.25) is 0 Å². The molecule has 1 unspecified atom stereocenters. The van der Waals surface area contributed by atoms with Crippen LogP contribution in [0.3, 0.4) is 0 Å². The van der Waals surface area contributed by atoms with E-state index in [2.05, 4.69) is 20.1 Å². The van der Waals surface area contributed by atoms with Crippen molar-refractivity contribution >= 4 is 11.0 Å². The number of nitrogens with zero attached hydrogens (tertiary/aromatic N) is 4. The molecule has 1 atom stereocenters. The Bertz CT molecular complexity index is 692. The van der Waals surface area contributed by atoms with E-state index in [0.717, 1.165) is 16.6 Å². The second-order valence-electron chi connectivity index (χ2n) is 4.01. The summed E-state index contributed by atoms with van der Waals surface area (Å²) in [4.78, 5) is 12.7. The molecule has 0 aliphatic heterocycles. The Kier molecular flexibility index (Phi) is 2.49. The molecule has 0 bridgehead atoms. The molecule has 0 fully saturated rings. The molecular formula is C12H11N5O. The zero-order valence-corrected chi connectivity index (χ0v) is 9.74. The van der Waals surface area contributed by atoms with Crippen molar-refractivity contribution in [3.63, 3.8) is 0 Å². The third-order valence-corrected chi connectivity index (χ3v) is 2.57. The third-order valence-electron chi connectivity index (χ3n) is 2.57. The molecule has 18 heavy (non-hydrogen) atoms. The number of fused-ring (bicyclic) bond motifs is 1. The topological polar surface area (TPSA) is 90.7 Å². The van der Waals surface area contributed by atoms with Crippen LogP contribution in [0.4, 0.5) is 0 Å². The Labute approximate surface area is 103 Å². The first-order chi connectivity index (χ1) is 8.74. The fourth-order valence-electron chi connectivity index (χ4n) is 1.63. The highest BCUT2D eigenvalue weighted by atomic mass is 16.5. The summed E-state index contributed by atoms with van der Waals surface area (Å²) in [5.41, 5.74) is 8.11. The Morgan fingerprint density at radius 1 is 1.17 bits per heavy atom. The van der Waals surface area contributed by atoms with Gasteiger partial charge < -0.3 is 10.3 Å². The van der Waals surface area contributed by atoms with Crippen molar-refractivity contribution in [2.24, 2.45) is 5.73 Å². The maximum Gasteiger partial charge on any atom is 0.258 e. The third kappa shape index (κ3) is 1.82. The quantitative estimate of drug-likeness (QED) is 0.734. The maximum absolute atomic E-state index is 5.69. The van der Waals surface area contributed by atoms with Crippen LogP contribution in [-0.4, -0.2) is 20.1 Å². The van der Waals surface area contributed by atoms with Crippen molar-refractivity contribution in [2.45, 2.75) is 13.0 Å². The Morgan fingerprint density at radius 3 is 2.67 bits per heavy atom. The molecule has 2 N–H and O–H groups in total. The summed E-state index contributed by atoms with van der Waals surface area (Å²) in [6.45, 7) is 1.81. The summed E-state index contributed by atoms with van der Waals surface area (Å²) in [7, 11) is 0. The van der Waals surface area contributed by atoms with Crippen LogP contribution < -0.4 is 5.73 Å². The minimum Gasteiger partial charge on any atom is -0.334 e. The van der Waals surface area contributed by atoms with Crippen LogP contribution in [0.1, 0.15) is 18.8 Å². The molecule has 0 amide bonds. The van der Waals surface area contributed by atoms with Crippen LogP contribution in [0, 0.1) is 0 Å². The first-order valence-corrected chi connectivity index (χ1v) is 5.54. The smallest absolute Gasteiger partial charge is 0.258 e. The lowest BCUT2D eigenvalue weighted by atomic mass is 10.2. The summed E-state index contributed by atoms with van der Waals surface area (Å²) in [5, 5.41) is 3.82. The van der Waals surface area contributed by atoms with Crippen LogP contribution in [-0.2, 0) is 0 Å². The highest BCUT2D eigenvalue weighted by Gasteiger charge is 2.12. The van der Waals surface area contributed by atoms with Crippen molar-refractivity contribution in [1.29, 1.82) is 0 Å². The summed E-state index contributed by atoms with van der Waals surface area (Å²) >= 11 is 0. The molecule has 0 aliphatic carbocycles. The van der Waals surface area contributed by atoms with Crippen LogP contribution in [0.15, 0.2) is 35.1 Å². The minimum atomic E-state index is -0.247. The fraction of sp³-hybridized carbons (Fsp3) is 0.167. The first kappa shape index (κ1) is 10.8. The van der Waals surface area contributed by atoms with Gasteiger partial charge in [0.25, 0.3) is 5.89 Å². The largest absolute Gasteiger partial charge is 0.334 e. The monoisotopic (exact) mass is 241 g/mol. The molecule has 2 aromatic heterocycles. The van der Waals surface area contributed by atoms with Crippen molar-refractivity contribution in [1.82, 2.24) is 20.1 Å². The first-order valence-electron chi connectivity index (χ1n) is 5.54. The van der Waals surface area contributed by atoms with E-state index >= 15 is 0 Å². The van der Waals surface area contributed by atoms with Gasteiger partial charge in [-0.3, -0.25) is 9.97 Å². The van der Waals surface area contributed by atoms with Gasteiger partial charge in [-0.15, -0.1) is 0 Å². The standard InChI is InChI=1S/C12H11N5O/c1-7(13)11-16-12(18-17-11)8-2-3-9-10(6-8)15-5-4-14-9/h2-7H,13H2,1H3. The number of benzene rings is 1. The number of rotatable bonds is 2. The summed E-state index contributed by atoms with van der Waals surface area (Å²) in [6, 6.07) is 5.35. The Morgan fingerprint density at radius 2 is 1.94 bits per heavy atom. The average Bonchev–Trinajstić information content (AvgIpc) is 2.88. The minimum absolute atomic E-state index is 0.247. The molecule has 0 saturated carbocycles. The van der Waals surface area contributed by atoms with Gasteiger partial charge in [0.15, 0.2) is 5.82 Å². The van der Waals surface area contributed by atoms with E-state index in [4.69, 9.17) is 10.3 Å². The summed E-state index contributed by atoms with van der Waals surface area (Å²) in [6.07, 6.45) is 3.30.